The molecule has 3 aromatic carbocycles. The molecule has 1 fully saturated rings. The maximum atomic E-state index is 14.9. The standard InChI is InChI=1S/C39H42N4O6/c1-38(2,3)49-37(46)40-25-39(26-40)41(22-23-47-4)36(45)34-35(48-24-27-12-6-5-7-13-27)32(44)20-21-42(34)43(39)33-30-16-10-8-14-28(30)18-19-29-15-9-11-17-31(29)33/h5-17,20-21,33H,18-19,22-26H2,1-4H3. The second-order valence-electron chi connectivity index (χ2n) is 13.9. The van der Waals surface area contributed by atoms with Crippen molar-refractivity contribution >= 4 is 12.0 Å². The number of aromatic nitrogens is 1. The largest absolute Gasteiger partial charge is 0.482 e. The van der Waals surface area contributed by atoms with E-state index in [4.69, 9.17) is 14.2 Å². The van der Waals surface area contributed by atoms with E-state index in [1.807, 2.05) is 67.9 Å². The summed E-state index contributed by atoms with van der Waals surface area (Å²) in [6.07, 6.45) is 2.93. The summed E-state index contributed by atoms with van der Waals surface area (Å²) in [5.74, 6) is -0.384. The fourth-order valence-electron chi connectivity index (χ4n) is 7.34. The molecule has 0 atom stereocenters. The van der Waals surface area contributed by atoms with Crippen LogP contribution in [-0.4, -0.2) is 71.1 Å². The topological polar surface area (TPSA) is 93.5 Å². The number of benzene rings is 3. The van der Waals surface area contributed by atoms with Crippen LogP contribution < -0.4 is 15.2 Å². The van der Waals surface area contributed by atoms with Gasteiger partial charge in [0.25, 0.3) is 5.91 Å². The summed E-state index contributed by atoms with van der Waals surface area (Å²) in [4.78, 5) is 45.3. The minimum Gasteiger partial charge on any atom is -0.482 e. The van der Waals surface area contributed by atoms with Crippen LogP contribution in [0.3, 0.4) is 0 Å². The van der Waals surface area contributed by atoms with E-state index in [0.717, 1.165) is 29.5 Å². The Balaban J connectivity index is 1.45. The predicted octanol–water partition coefficient (Wildman–Crippen LogP) is 5.30. The van der Waals surface area contributed by atoms with Gasteiger partial charge in [0.05, 0.1) is 25.7 Å². The number of ether oxygens (including phenoxy) is 3. The molecule has 49 heavy (non-hydrogen) atoms. The monoisotopic (exact) mass is 662 g/mol. The molecular weight excluding hydrogens is 620 g/mol. The predicted molar refractivity (Wildman–Crippen MR) is 185 cm³/mol. The number of fused-ring (bicyclic) bond motifs is 3. The molecule has 0 saturated carbocycles. The Morgan fingerprint density at radius 1 is 0.857 bits per heavy atom. The van der Waals surface area contributed by atoms with Gasteiger partial charge in [-0.15, -0.1) is 0 Å². The van der Waals surface area contributed by atoms with Crippen LogP contribution in [0.15, 0.2) is 95.9 Å². The molecule has 1 spiro atoms. The van der Waals surface area contributed by atoms with E-state index in [9.17, 15) is 14.4 Å². The van der Waals surface area contributed by atoms with Crippen molar-refractivity contribution in [1.29, 1.82) is 0 Å². The van der Waals surface area contributed by atoms with Gasteiger partial charge in [-0.05, 0) is 61.4 Å². The van der Waals surface area contributed by atoms with E-state index in [-0.39, 0.29) is 61.7 Å². The maximum Gasteiger partial charge on any atom is 0.410 e. The zero-order valence-electron chi connectivity index (χ0n) is 28.4. The Labute approximate surface area is 286 Å². The van der Waals surface area contributed by atoms with Gasteiger partial charge in [0.15, 0.2) is 17.1 Å². The first kappa shape index (κ1) is 32.5. The summed E-state index contributed by atoms with van der Waals surface area (Å²) in [6.45, 7) is 6.48. The summed E-state index contributed by atoms with van der Waals surface area (Å²) in [5, 5.41) is 2.19. The minimum absolute atomic E-state index is 0.0165. The van der Waals surface area contributed by atoms with Crippen LogP contribution in [0.4, 0.5) is 4.79 Å². The molecule has 7 rings (SSSR count). The van der Waals surface area contributed by atoms with Gasteiger partial charge in [-0.2, -0.15) is 0 Å². The fraction of sp³-hybridized carbons (Fsp3) is 0.359. The van der Waals surface area contributed by atoms with E-state index in [2.05, 4.69) is 41.4 Å². The van der Waals surface area contributed by atoms with Gasteiger partial charge in [0.2, 0.25) is 5.43 Å². The number of hydrogen-bond donors (Lipinski definition) is 0. The molecule has 1 aromatic heterocycles. The highest BCUT2D eigenvalue weighted by atomic mass is 16.6. The van der Waals surface area contributed by atoms with Gasteiger partial charge in [-0.3, -0.25) is 24.2 Å². The Morgan fingerprint density at radius 2 is 1.47 bits per heavy atom. The summed E-state index contributed by atoms with van der Waals surface area (Å²) in [5.41, 5.74) is 3.52. The highest BCUT2D eigenvalue weighted by Crippen LogP contribution is 2.46. The van der Waals surface area contributed by atoms with Crippen molar-refractivity contribution in [3.8, 4) is 5.75 Å². The highest BCUT2D eigenvalue weighted by molar-refractivity contribution is 5.97. The lowest BCUT2D eigenvalue weighted by molar-refractivity contribution is -0.0785. The second-order valence-corrected chi connectivity index (χ2v) is 13.9. The molecule has 0 bridgehead atoms. The number of pyridine rings is 1. The van der Waals surface area contributed by atoms with E-state index in [1.54, 1.807) is 23.1 Å². The van der Waals surface area contributed by atoms with Crippen molar-refractivity contribution in [2.45, 2.75) is 57.5 Å². The van der Waals surface area contributed by atoms with Crippen molar-refractivity contribution in [3.05, 3.63) is 135 Å². The van der Waals surface area contributed by atoms with E-state index in [1.165, 1.54) is 17.2 Å². The van der Waals surface area contributed by atoms with Crippen LogP contribution in [-0.2, 0) is 28.9 Å². The third-order valence-corrected chi connectivity index (χ3v) is 9.54. The molecule has 10 nitrogen and oxygen atoms in total. The van der Waals surface area contributed by atoms with Gasteiger partial charge in [0, 0.05) is 25.9 Å². The van der Waals surface area contributed by atoms with Crippen LogP contribution in [0.5, 0.6) is 5.75 Å². The average Bonchev–Trinajstić information content (AvgIpc) is 3.23. The molecule has 2 aliphatic heterocycles. The number of hydrogen-bond acceptors (Lipinski definition) is 7. The Hall–Kier alpha value is -5.09. The Kier molecular flexibility index (Phi) is 8.44. The molecule has 4 aromatic rings. The number of nitrogens with zero attached hydrogens (tertiary/aromatic N) is 4. The molecule has 2 amide bonds. The zero-order chi connectivity index (χ0) is 34.3. The summed E-state index contributed by atoms with van der Waals surface area (Å²) in [7, 11) is 1.59. The lowest BCUT2D eigenvalue weighted by atomic mass is 9.87. The smallest absolute Gasteiger partial charge is 0.410 e. The molecule has 3 aliphatic rings. The molecule has 0 unspecified atom stereocenters. The third-order valence-electron chi connectivity index (χ3n) is 9.54. The van der Waals surface area contributed by atoms with Gasteiger partial charge in [-0.1, -0.05) is 78.9 Å². The van der Waals surface area contributed by atoms with Gasteiger partial charge in [-0.25, -0.2) is 4.79 Å². The molecular formula is C39H42N4O6. The van der Waals surface area contributed by atoms with E-state index < -0.39 is 17.4 Å². The first-order valence-corrected chi connectivity index (χ1v) is 16.8. The number of methoxy groups -OCH3 is 1. The van der Waals surface area contributed by atoms with Crippen molar-refractivity contribution in [1.82, 2.24) is 14.5 Å². The molecule has 3 heterocycles. The molecule has 1 saturated heterocycles. The molecule has 1 aliphatic carbocycles. The summed E-state index contributed by atoms with van der Waals surface area (Å²) in [6, 6.07) is 27.4. The number of carbonyl (C=O) groups excluding carboxylic acids is 2. The van der Waals surface area contributed by atoms with Crippen LogP contribution in [0.2, 0.25) is 0 Å². The van der Waals surface area contributed by atoms with Crippen molar-refractivity contribution < 1.29 is 23.8 Å². The quantitative estimate of drug-likeness (QED) is 0.265. The van der Waals surface area contributed by atoms with Gasteiger partial charge in [0.1, 0.15) is 12.2 Å². The number of amides is 2. The molecule has 0 radical (unpaired) electrons. The summed E-state index contributed by atoms with van der Waals surface area (Å²) >= 11 is 0. The lowest BCUT2D eigenvalue weighted by Crippen LogP contribution is -2.84. The number of likely N-dealkylation sites (tertiary alicyclic amines) is 1. The average molecular weight is 663 g/mol. The third kappa shape index (κ3) is 5.84. The maximum absolute atomic E-state index is 14.9. The van der Waals surface area contributed by atoms with Crippen LogP contribution in [0.1, 0.15) is 65.1 Å². The molecule has 0 N–H and O–H groups in total. The SMILES string of the molecule is COCCN1C(=O)c2c(OCc3ccccc3)c(=O)ccn2N(C2c3ccccc3CCc3ccccc32)C12CN(C(=O)OC(C)(C)C)C2. The van der Waals surface area contributed by atoms with E-state index in [0.29, 0.717) is 0 Å². The van der Waals surface area contributed by atoms with Crippen LogP contribution >= 0.6 is 0 Å². The number of rotatable bonds is 7. The highest BCUT2D eigenvalue weighted by Gasteiger charge is 2.62. The summed E-state index contributed by atoms with van der Waals surface area (Å²) < 4.78 is 19.4. The number of aryl methyl sites for hydroxylation is 2. The fourth-order valence-corrected chi connectivity index (χ4v) is 7.34. The Morgan fingerprint density at radius 3 is 2.08 bits per heavy atom. The molecule has 254 valence electrons. The van der Waals surface area contributed by atoms with Gasteiger partial charge < -0.3 is 19.1 Å². The van der Waals surface area contributed by atoms with Crippen molar-refractivity contribution in [3.63, 3.8) is 0 Å². The lowest BCUT2D eigenvalue weighted by Gasteiger charge is -2.64. The van der Waals surface area contributed by atoms with Crippen LogP contribution in [0.25, 0.3) is 0 Å². The molecule has 10 heteroatoms. The zero-order valence-corrected chi connectivity index (χ0v) is 28.4. The first-order valence-electron chi connectivity index (χ1n) is 16.8. The second kappa shape index (κ2) is 12.7. The normalized spacial score (nSPS) is 16.7. The van der Waals surface area contributed by atoms with Gasteiger partial charge >= 0.3 is 6.09 Å². The van der Waals surface area contributed by atoms with Crippen molar-refractivity contribution in [2.75, 3.05) is 38.4 Å². The van der Waals surface area contributed by atoms with E-state index >= 15 is 0 Å². The van der Waals surface area contributed by atoms with Crippen LogP contribution in [0, 0.1) is 0 Å². The van der Waals surface area contributed by atoms with Crippen molar-refractivity contribution in [2.24, 2.45) is 0 Å². The minimum atomic E-state index is -1.01. The Bertz CT molecular complexity index is 1880. The first-order chi connectivity index (χ1) is 23.6. The number of carbonyl (C=O) groups is 2.